The number of sulfonamides is 1. The van der Waals surface area contributed by atoms with Crippen molar-refractivity contribution in [3.63, 3.8) is 0 Å². The molecule has 0 fully saturated rings. The number of rotatable bonds is 4. The predicted octanol–water partition coefficient (Wildman–Crippen LogP) is 2.34. The minimum atomic E-state index is -3.60. The van der Waals surface area contributed by atoms with E-state index in [0.717, 1.165) is 5.56 Å². The number of hydrogen-bond donors (Lipinski definition) is 1. The highest BCUT2D eigenvalue weighted by Gasteiger charge is 2.21. The highest BCUT2D eigenvalue weighted by atomic mass is 35.5. The summed E-state index contributed by atoms with van der Waals surface area (Å²) < 4.78 is 30.8. The molecule has 0 aliphatic rings. The van der Waals surface area contributed by atoms with E-state index in [1.54, 1.807) is 6.07 Å². The van der Waals surface area contributed by atoms with Crippen molar-refractivity contribution in [3.05, 3.63) is 47.4 Å². The van der Waals surface area contributed by atoms with Crippen LogP contribution in [-0.2, 0) is 16.6 Å². The van der Waals surface area contributed by atoms with Gasteiger partial charge in [0.2, 0.25) is 10.0 Å². The van der Waals surface area contributed by atoms with Gasteiger partial charge in [0, 0.05) is 19.2 Å². The van der Waals surface area contributed by atoms with Gasteiger partial charge in [-0.1, -0.05) is 11.6 Å². The monoisotopic (exact) mass is 300 g/mol. The van der Waals surface area contributed by atoms with Gasteiger partial charge in [0.05, 0.1) is 28.1 Å². The number of nitrogen functional groups attached to an aromatic ring is 1. The summed E-state index contributed by atoms with van der Waals surface area (Å²) in [5.74, 6) is 0. The Bertz CT molecular complexity index is 668. The number of benzene rings is 1. The first kappa shape index (κ1) is 13.9. The summed E-state index contributed by atoms with van der Waals surface area (Å²) in [4.78, 5) is 0.111. The molecule has 102 valence electrons. The van der Waals surface area contributed by atoms with Gasteiger partial charge in [0.25, 0.3) is 0 Å². The number of nitrogens with two attached hydrogens (primary N) is 1. The second-order valence-corrected chi connectivity index (χ2v) is 6.53. The Kier molecular flexibility index (Phi) is 3.84. The van der Waals surface area contributed by atoms with Gasteiger partial charge in [-0.2, -0.15) is 4.31 Å². The molecule has 0 amide bonds. The standard InChI is InChI=1S/C12H13ClN2O3S/c1-15(7-9-4-5-18-8-9)19(16,17)10-2-3-11(13)12(14)6-10/h2-6,8H,7,14H2,1H3. The van der Waals surface area contributed by atoms with Crippen LogP contribution >= 0.6 is 11.6 Å². The topological polar surface area (TPSA) is 76.5 Å². The Morgan fingerprint density at radius 1 is 1.37 bits per heavy atom. The van der Waals surface area contributed by atoms with Gasteiger partial charge in [0.15, 0.2) is 0 Å². The molecule has 5 nitrogen and oxygen atoms in total. The van der Waals surface area contributed by atoms with Crippen LogP contribution in [0.1, 0.15) is 5.56 Å². The number of anilines is 1. The average Bonchev–Trinajstić information content (AvgIpc) is 2.85. The maximum Gasteiger partial charge on any atom is 0.243 e. The molecule has 0 unspecified atom stereocenters. The third-order valence-electron chi connectivity index (χ3n) is 2.66. The Hall–Kier alpha value is -1.50. The normalized spacial score (nSPS) is 11.9. The molecule has 0 saturated carbocycles. The lowest BCUT2D eigenvalue weighted by atomic mass is 10.3. The van der Waals surface area contributed by atoms with Crippen LogP contribution in [0.2, 0.25) is 5.02 Å². The molecular weight excluding hydrogens is 288 g/mol. The average molecular weight is 301 g/mol. The van der Waals surface area contributed by atoms with E-state index in [1.807, 2.05) is 0 Å². The zero-order chi connectivity index (χ0) is 14.0. The summed E-state index contributed by atoms with van der Waals surface area (Å²) >= 11 is 5.78. The van der Waals surface area contributed by atoms with Crippen LogP contribution in [0.5, 0.6) is 0 Å². The molecule has 2 rings (SSSR count). The van der Waals surface area contributed by atoms with Gasteiger partial charge in [-0.25, -0.2) is 8.42 Å². The summed E-state index contributed by atoms with van der Waals surface area (Å²) in [6.45, 7) is 0.224. The third-order valence-corrected chi connectivity index (χ3v) is 4.80. The first-order valence-electron chi connectivity index (χ1n) is 5.43. The van der Waals surface area contributed by atoms with Gasteiger partial charge in [-0.05, 0) is 24.3 Å². The van der Waals surface area contributed by atoms with Crippen LogP contribution in [-0.4, -0.2) is 19.8 Å². The molecule has 7 heteroatoms. The fraction of sp³-hybridized carbons (Fsp3) is 0.167. The SMILES string of the molecule is CN(Cc1ccoc1)S(=O)(=O)c1ccc(Cl)c(N)c1. The molecule has 0 spiro atoms. The smallest absolute Gasteiger partial charge is 0.243 e. The maximum absolute atomic E-state index is 12.3. The second-order valence-electron chi connectivity index (χ2n) is 4.08. The molecule has 0 atom stereocenters. The predicted molar refractivity (Wildman–Crippen MR) is 73.2 cm³/mol. The van der Waals surface area contributed by atoms with Crippen molar-refractivity contribution in [3.8, 4) is 0 Å². The number of nitrogens with zero attached hydrogens (tertiary/aromatic N) is 1. The molecule has 0 saturated heterocycles. The van der Waals surface area contributed by atoms with Crippen LogP contribution in [0.3, 0.4) is 0 Å². The molecule has 1 aromatic carbocycles. The van der Waals surface area contributed by atoms with Crippen LogP contribution in [0, 0.1) is 0 Å². The Morgan fingerprint density at radius 2 is 2.11 bits per heavy atom. The van der Waals surface area contributed by atoms with E-state index in [2.05, 4.69) is 0 Å². The van der Waals surface area contributed by atoms with E-state index in [4.69, 9.17) is 21.8 Å². The van der Waals surface area contributed by atoms with Crippen molar-refractivity contribution in [1.29, 1.82) is 0 Å². The van der Waals surface area contributed by atoms with Crippen molar-refractivity contribution < 1.29 is 12.8 Å². The zero-order valence-corrected chi connectivity index (χ0v) is 11.8. The molecule has 0 aliphatic heterocycles. The molecule has 0 radical (unpaired) electrons. The molecule has 19 heavy (non-hydrogen) atoms. The van der Waals surface area contributed by atoms with Gasteiger partial charge in [-0.15, -0.1) is 0 Å². The van der Waals surface area contributed by atoms with Gasteiger partial charge < -0.3 is 10.2 Å². The van der Waals surface area contributed by atoms with Crippen molar-refractivity contribution in [1.82, 2.24) is 4.31 Å². The fourth-order valence-electron chi connectivity index (χ4n) is 1.59. The Balaban J connectivity index is 2.28. The van der Waals surface area contributed by atoms with E-state index in [9.17, 15) is 8.42 Å². The summed E-state index contributed by atoms with van der Waals surface area (Å²) in [5.41, 5.74) is 6.63. The van der Waals surface area contributed by atoms with Crippen LogP contribution in [0.15, 0.2) is 46.1 Å². The molecule has 2 N–H and O–H groups in total. The highest BCUT2D eigenvalue weighted by molar-refractivity contribution is 7.89. The van der Waals surface area contributed by atoms with Crippen molar-refractivity contribution >= 4 is 27.3 Å². The minimum Gasteiger partial charge on any atom is -0.472 e. The van der Waals surface area contributed by atoms with E-state index in [-0.39, 0.29) is 17.1 Å². The molecule has 1 aromatic heterocycles. The molecular formula is C12H13ClN2O3S. The quantitative estimate of drug-likeness (QED) is 0.879. The van der Waals surface area contributed by atoms with Gasteiger partial charge in [-0.3, -0.25) is 0 Å². The van der Waals surface area contributed by atoms with Gasteiger partial charge in [0.1, 0.15) is 0 Å². The highest BCUT2D eigenvalue weighted by Crippen LogP contribution is 2.24. The van der Waals surface area contributed by atoms with Crippen LogP contribution in [0.25, 0.3) is 0 Å². The van der Waals surface area contributed by atoms with Crippen molar-refractivity contribution in [2.75, 3.05) is 12.8 Å². The molecule has 2 aromatic rings. The zero-order valence-electron chi connectivity index (χ0n) is 10.2. The summed E-state index contributed by atoms with van der Waals surface area (Å²) in [7, 11) is -2.11. The number of hydrogen-bond acceptors (Lipinski definition) is 4. The van der Waals surface area contributed by atoms with Gasteiger partial charge >= 0.3 is 0 Å². The minimum absolute atomic E-state index is 0.111. The van der Waals surface area contributed by atoms with Crippen molar-refractivity contribution in [2.45, 2.75) is 11.4 Å². The van der Waals surface area contributed by atoms with E-state index >= 15 is 0 Å². The fourth-order valence-corrected chi connectivity index (χ4v) is 2.90. The Morgan fingerprint density at radius 3 is 2.68 bits per heavy atom. The summed E-state index contributed by atoms with van der Waals surface area (Å²) in [6.07, 6.45) is 3.00. The maximum atomic E-state index is 12.3. The van der Waals surface area contributed by atoms with E-state index in [1.165, 1.54) is 42.1 Å². The van der Waals surface area contributed by atoms with E-state index < -0.39 is 10.0 Å². The lowest BCUT2D eigenvalue weighted by Gasteiger charge is -2.16. The lowest BCUT2D eigenvalue weighted by Crippen LogP contribution is -2.26. The molecule has 0 aliphatic carbocycles. The van der Waals surface area contributed by atoms with Crippen LogP contribution in [0.4, 0.5) is 5.69 Å². The first-order chi connectivity index (χ1) is 8.91. The summed E-state index contributed by atoms with van der Waals surface area (Å²) in [5, 5.41) is 0.330. The van der Waals surface area contributed by atoms with E-state index in [0.29, 0.717) is 5.02 Å². The summed E-state index contributed by atoms with van der Waals surface area (Å²) in [6, 6.07) is 5.96. The second kappa shape index (κ2) is 5.24. The number of halogens is 1. The number of furan rings is 1. The molecule has 0 bridgehead atoms. The van der Waals surface area contributed by atoms with Crippen LogP contribution < -0.4 is 5.73 Å². The Labute approximate surface area is 116 Å². The largest absolute Gasteiger partial charge is 0.472 e. The van der Waals surface area contributed by atoms with Crippen molar-refractivity contribution in [2.24, 2.45) is 0 Å². The first-order valence-corrected chi connectivity index (χ1v) is 7.25. The lowest BCUT2D eigenvalue weighted by molar-refractivity contribution is 0.463. The third kappa shape index (κ3) is 2.91. The molecule has 1 heterocycles.